The summed E-state index contributed by atoms with van der Waals surface area (Å²) in [4.78, 5) is 26.5. The first-order chi connectivity index (χ1) is 12.6. The topological polar surface area (TPSA) is 58.6 Å². The van der Waals surface area contributed by atoms with Gasteiger partial charge in [0, 0.05) is 18.5 Å². The van der Waals surface area contributed by atoms with Gasteiger partial charge in [-0.25, -0.2) is 0 Å². The number of amides is 1. The average molecular weight is 358 g/mol. The Hall–Kier alpha value is -1.88. The highest BCUT2D eigenvalue weighted by atomic mass is 16.5. The van der Waals surface area contributed by atoms with Crippen molar-refractivity contribution in [2.24, 2.45) is 5.92 Å². The Bertz CT molecular complexity index is 613. The number of ether oxygens (including phenoxy) is 1. The molecule has 1 aromatic rings. The summed E-state index contributed by atoms with van der Waals surface area (Å²) in [5.41, 5.74) is 1.43. The zero-order chi connectivity index (χ0) is 18.4. The predicted molar refractivity (Wildman–Crippen MR) is 101 cm³/mol. The standard InChI is InChI=1S/C21H30N2O3/c1-2-26-20(25)17-8-6-13-23(14-17)15-19(24)22-16-21(11-7-12-21)18-9-4-3-5-10-18/h3-5,9-10,17H,2,6-8,11-16H2,1H3,(H,22,24). The summed E-state index contributed by atoms with van der Waals surface area (Å²) >= 11 is 0. The van der Waals surface area contributed by atoms with E-state index in [0.717, 1.165) is 32.2 Å². The predicted octanol–water partition coefficient (Wildman–Crippen LogP) is 2.50. The van der Waals surface area contributed by atoms with Crippen molar-refractivity contribution in [2.45, 2.75) is 44.4 Å². The molecule has 5 heteroatoms. The van der Waals surface area contributed by atoms with Crippen LogP contribution >= 0.6 is 0 Å². The third-order valence-corrected chi connectivity index (χ3v) is 5.81. The van der Waals surface area contributed by atoms with Crippen LogP contribution in [0.25, 0.3) is 0 Å². The van der Waals surface area contributed by atoms with Crippen LogP contribution in [-0.4, -0.2) is 49.6 Å². The highest BCUT2D eigenvalue weighted by Gasteiger charge is 2.38. The number of carbonyl (C=O) groups is 2. The molecule has 1 aliphatic heterocycles. The first-order valence-corrected chi connectivity index (χ1v) is 9.84. The Morgan fingerprint density at radius 1 is 1.23 bits per heavy atom. The van der Waals surface area contributed by atoms with E-state index in [9.17, 15) is 9.59 Å². The molecule has 5 nitrogen and oxygen atoms in total. The Morgan fingerprint density at radius 2 is 2.00 bits per heavy atom. The number of carbonyl (C=O) groups excluding carboxylic acids is 2. The normalized spacial score (nSPS) is 22.3. The summed E-state index contributed by atoms with van der Waals surface area (Å²) in [6.45, 7) is 4.79. The first kappa shape index (κ1) is 18.9. The third kappa shape index (κ3) is 4.44. The van der Waals surface area contributed by atoms with Gasteiger partial charge in [-0.2, -0.15) is 0 Å². The smallest absolute Gasteiger partial charge is 0.310 e. The molecule has 1 aromatic carbocycles. The fourth-order valence-electron chi connectivity index (χ4n) is 4.14. The summed E-state index contributed by atoms with van der Waals surface area (Å²) in [6.07, 6.45) is 5.27. The molecule has 0 bridgehead atoms. The van der Waals surface area contributed by atoms with Crippen LogP contribution < -0.4 is 5.32 Å². The van der Waals surface area contributed by atoms with Gasteiger partial charge in [0.25, 0.3) is 0 Å². The first-order valence-electron chi connectivity index (χ1n) is 9.84. The highest BCUT2D eigenvalue weighted by Crippen LogP contribution is 2.43. The number of hydrogen-bond acceptors (Lipinski definition) is 4. The number of hydrogen-bond donors (Lipinski definition) is 1. The van der Waals surface area contributed by atoms with Crippen LogP contribution in [0.1, 0.15) is 44.6 Å². The van der Waals surface area contributed by atoms with Crippen LogP contribution in [0.5, 0.6) is 0 Å². The number of piperidine rings is 1. The largest absolute Gasteiger partial charge is 0.466 e. The van der Waals surface area contributed by atoms with Gasteiger partial charge in [0.2, 0.25) is 5.91 Å². The lowest BCUT2D eigenvalue weighted by molar-refractivity contribution is -0.150. The summed E-state index contributed by atoms with van der Waals surface area (Å²) in [7, 11) is 0. The Kier molecular flexibility index (Phi) is 6.30. The van der Waals surface area contributed by atoms with Gasteiger partial charge in [0.15, 0.2) is 0 Å². The number of likely N-dealkylation sites (tertiary alicyclic amines) is 1. The molecule has 2 fully saturated rings. The zero-order valence-electron chi connectivity index (χ0n) is 15.7. The molecule has 2 aliphatic rings. The SMILES string of the molecule is CCOC(=O)C1CCCN(CC(=O)NCC2(c3ccccc3)CCC2)C1. The molecule has 1 saturated heterocycles. The summed E-state index contributed by atoms with van der Waals surface area (Å²) in [5, 5.41) is 3.14. The molecule has 3 rings (SSSR count). The number of benzene rings is 1. The van der Waals surface area contributed by atoms with Gasteiger partial charge >= 0.3 is 5.97 Å². The van der Waals surface area contributed by atoms with Crippen molar-refractivity contribution in [1.29, 1.82) is 0 Å². The van der Waals surface area contributed by atoms with Gasteiger partial charge in [-0.3, -0.25) is 14.5 Å². The lowest BCUT2D eigenvalue weighted by Gasteiger charge is -2.42. The van der Waals surface area contributed by atoms with Gasteiger partial charge in [-0.1, -0.05) is 36.8 Å². The van der Waals surface area contributed by atoms with E-state index in [1.807, 2.05) is 13.0 Å². The third-order valence-electron chi connectivity index (χ3n) is 5.81. The quantitative estimate of drug-likeness (QED) is 0.761. The molecule has 0 radical (unpaired) electrons. The van der Waals surface area contributed by atoms with E-state index in [-0.39, 0.29) is 23.2 Å². The van der Waals surface area contributed by atoms with Crippen LogP contribution in [0, 0.1) is 5.92 Å². The van der Waals surface area contributed by atoms with Crippen molar-refractivity contribution in [2.75, 3.05) is 32.8 Å². The maximum absolute atomic E-state index is 12.5. The highest BCUT2D eigenvalue weighted by molar-refractivity contribution is 5.78. The van der Waals surface area contributed by atoms with Gasteiger partial charge in [0.05, 0.1) is 19.1 Å². The van der Waals surface area contributed by atoms with Crippen molar-refractivity contribution >= 4 is 11.9 Å². The Balaban J connectivity index is 1.49. The molecule has 0 aromatic heterocycles. The lowest BCUT2D eigenvalue weighted by atomic mass is 9.64. The molecule has 1 heterocycles. The number of nitrogens with zero attached hydrogens (tertiary/aromatic N) is 1. The summed E-state index contributed by atoms with van der Waals surface area (Å²) < 4.78 is 5.13. The molecule has 1 unspecified atom stereocenters. The van der Waals surface area contributed by atoms with Crippen LogP contribution in [0.15, 0.2) is 30.3 Å². The van der Waals surface area contributed by atoms with Gasteiger partial charge in [-0.05, 0) is 44.7 Å². The van der Waals surface area contributed by atoms with Crippen LogP contribution in [0.2, 0.25) is 0 Å². The molecule has 26 heavy (non-hydrogen) atoms. The molecule has 142 valence electrons. The van der Waals surface area contributed by atoms with Gasteiger partial charge < -0.3 is 10.1 Å². The fraction of sp³-hybridized carbons (Fsp3) is 0.619. The minimum atomic E-state index is -0.130. The van der Waals surface area contributed by atoms with Crippen molar-refractivity contribution < 1.29 is 14.3 Å². The van der Waals surface area contributed by atoms with E-state index < -0.39 is 0 Å². The Morgan fingerprint density at radius 3 is 2.65 bits per heavy atom. The van der Waals surface area contributed by atoms with Crippen LogP contribution in [0.3, 0.4) is 0 Å². The second-order valence-corrected chi connectivity index (χ2v) is 7.60. The second kappa shape index (κ2) is 8.67. The van der Waals surface area contributed by atoms with E-state index in [4.69, 9.17) is 4.74 Å². The second-order valence-electron chi connectivity index (χ2n) is 7.60. The molecule has 1 saturated carbocycles. The minimum Gasteiger partial charge on any atom is -0.466 e. The molecule has 1 amide bonds. The molecular weight excluding hydrogens is 328 g/mol. The minimum absolute atomic E-state index is 0.0525. The monoisotopic (exact) mass is 358 g/mol. The van der Waals surface area contributed by atoms with Gasteiger partial charge in [-0.15, -0.1) is 0 Å². The average Bonchev–Trinajstić information content (AvgIpc) is 2.62. The van der Waals surface area contributed by atoms with Crippen molar-refractivity contribution in [1.82, 2.24) is 10.2 Å². The Labute approximate surface area is 156 Å². The van der Waals surface area contributed by atoms with E-state index in [1.165, 1.54) is 12.0 Å². The summed E-state index contributed by atoms with van der Waals surface area (Å²) in [5.74, 6) is -0.175. The van der Waals surface area contributed by atoms with Crippen molar-refractivity contribution in [3.05, 3.63) is 35.9 Å². The molecular formula is C21H30N2O3. The number of nitrogens with one attached hydrogen (secondary N) is 1. The summed E-state index contributed by atoms with van der Waals surface area (Å²) in [6, 6.07) is 10.5. The van der Waals surface area contributed by atoms with Crippen LogP contribution in [-0.2, 0) is 19.7 Å². The maximum atomic E-state index is 12.5. The van der Waals surface area contributed by atoms with E-state index in [1.54, 1.807) is 0 Å². The van der Waals surface area contributed by atoms with Crippen molar-refractivity contribution in [3.63, 3.8) is 0 Å². The van der Waals surface area contributed by atoms with Crippen LogP contribution in [0.4, 0.5) is 0 Å². The maximum Gasteiger partial charge on any atom is 0.310 e. The van der Waals surface area contributed by atoms with Gasteiger partial charge in [0.1, 0.15) is 0 Å². The fourth-order valence-corrected chi connectivity index (χ4v) is 4.14. The van der Waals surface area contributed by atoms with E-state index in [2.05, 4.69) is 34.5 Å². The molecule has 1 N–H and O–H groups in total. The zero-order valence-corrected chi connectivity index (χ0v) is 15.7. The lowest BCUT2D eigenvalue weighted by Crippen LogP contribution is -2.49. The van der Waals surface area contributed by atoms with E-state index >= 15 is 0 Å². The molecule has 1 atom stereocenters. The molecule has 1 aliphatic carbocycles. The number of esters is 1. The molecule has 0 spiro atoms. The number of rotatable bonds is 7. The van der Waals surface area contributed by atoms with Crippen molar-refractivity contribution in [3.8, 4) is 0 Å². The van der Waals surface area contributed by atoms with E-state index in [0.29, 0.717) is 26.2 Å².